The summed E-state index contributed by atoms with van der Waals surface area (Å²) in [4.78, 5) is 22.6. The number of ether oxygens (including phenoxy) is 2. The van der Waals surface area contributed by atoms with Crippen LogP contribution in [0.4, 0.5) is 5.69 Å². The molecular weight excluding hydrogens is 316 g/mol. The van der Waals surface area contributed by atoms with Crippen LogP contribution in [0.1, 0.15) is 11.1 Å². The van der Waals surface area contributed by atoms with Crippen LogP contribution in [0, 0.1) is 10.1 Å². The zero-order valence-corrected chi connectivity index (χ0v) is 12.1. The molecule has 1 N–H and O–H groups in total. The predicted molar refractivity (Wildman–Crippen MR) is 79.7 cm³/mol. The lowest BCUT2D eigenvalue weighted by molar-refractivity contribution is -0.385. The quantitative estimate of drug-likeness (QED) is 0.385. The van der Waals surface area contributed by atoms with Gasteiger partial charge in [0.1, 0.15) is 10.1 Å². The summed E-state index contributed by atoms with van der Waals surface area (Å²) >= 11 is 6.02. The summed E-state index contributed by atoms with van der Waals surface area (Å²) < 4.78 is 10.9. The third-order valence-electron chi connectivity index (χ3n) is 2.86. The molecule has 0 aromatic heterocycles. The monoisotopic (exact) mass is 324 g/mol. The molecule has 2 aliphatic heterocycles. The van der Waals surface area contributed by atoms with E-state index < -0.39 is 4.92 Å². The third kappa shape index (κ3) is 2.75. The molecule has 1 aromatic carbocycles. The summed E-state index contributed by atoms with van der Waals surface area (Å²) in [7, 11) is 0. The minimum atomic E-state index is -0.497. The van der Waals surface area contributed by atoms with E-state index in [2.05, 4.69) is 5.32 Å². The topological polar surface area (TPSA) is 90.7 Å². The van der Waals surface area contributed by atoms with Crippen molar-refractivity contribution in [3.63, 3.8) is 0 Å². The molecule has 9 heteroatoms. The molecule has 21 heavy (non-hydrogen) atoms. The highest BCUT2D eigenvalue weighted by molar-refractivity contribution is 8.26. The second-order valence-electron chi connectivity index (χ2n) is 4.24. The number of thiocarbonyl (C=S) groups is 1. The minimum absolute atomic E-state index is 0.0682. The number of carbonyl (C=O) groups is 1. The maximum absolute atomic E-state index is 11.7. The van der Waals surface area contributed by atoms with Gasteiger partial charge in [0.05, 0.1) is 16.4 Å². The van der Waals surface area contributed by atoms with Crippen molar-refractivity contribution < 1.29 is 19.2 Å². The smallest absolute Gasteiger partial charge is 0.270 e. The largest absolute Gasteiger partial charge is 0.467 e. The van der Waals surface area contributed by atoms with E-state index in [9.17, 15) is 14.9 Å². The van der Waals surface area contributed by atoms with Crippen molar-refractivity contribution in [2.24, 2.45) is 0 Å². The van der Waals surface area contributed by atoms with Gasteiger partial charge in [0.25, 0.3) is 11.6 Å². The van der Waals surface area contributed by atoms with E-state index in [1.807, 2.05) is 0 Å². The average Bonchev–Trinajstić information content (AvgIpc) is 2.76. The van der Waals surface area contributed by atoms with Crippen LogP contribution >= 0.6 is 24.0 Å². The number of thioether (sulfide) groups is 1. The fraction of sp³-hybridized carbons (Fsp3) is 0.167. The summed E-state index contributed by atoms with van der Waals surface area (Å²) in [6, 6.07) is 2.77. The van der Waals surface area contributed by atoms with Gasteiger partial charge in [-0.1, -0.05) is 24.0 Å². The van der Waals surface area contributed by atoms with E-state index in [0.717, 1.165) is 11.8 Å². The van der Waals surface area contributed by atoms with Crippen molar-refractivity contribution in [3.05, 3.63) is 38.3 Å². The van der Waals surface area contributed by atoms with E-state index in [1.54, 1.807) is 0 Å². The first kappa shape index (κ1) is 14.0. The molecule has 0 aliphatic carbocycles. The van der Waals surface area contributed by atoms with E-state index in [0.29, 0.717) is 26.1 Å². The zero-order valence-electron chi connectivity index (χ0n) is 10.5. The zero-order chi connectivity index (χ0) is 15.0. The molecule has 1 saturated heterocycles. The normalized spacial score (nSPS) is 19.1. The Labute approximate surface area is 128 Å². The van der Waals surface area contributed by atoms with Crippen molar-refractivity contribution in [1.29, 1.82) is 0 Å². The highest BCUT2D eigenvalue weighted by Crippen LogP contribution is 2.36. The molecule has 7 nitrogen and oxygen atoms in total. The summed E-state index contributed by atoms with van der Waals surface area (Å²) in [6.45, 7) is 0.295. The molecule has 0 saturated carbocycles. The van der Waals surface area contributed by atoms with Crippen LogP contribution in [0.3, 0.4) is 0 Å². The first-order valence-corrected chi connectivity index (χ1v) is 7.04. The lowest BCUT2D eigenvalue weighted by Gasteiger charge is -2.19. The number of non-ortho nitro benzene ring substituents is 1. The van der Waals surface area contributed by atoms with Gasteiger partial charge in [0, 0.05) is 23.3 Å². The van der Waals surface area contributed by atoms with Gasteiger partial charge in [-0.25, -0.2) is 0 Å². The fourth-order valence-electron chi connectivity index (χ4n) is 2.01. The molecule has 1 amide bonds. The van der Waals surface area contributed by atoms with E-state index in [1.165, 1.54) is 18.2 Å². The van der Waals surface area contributed by atoms with Crippen molar-refractivity contribution in [2.75, 3.05) is 6.79 Å². The van der Waals surface area contributed by atoms with Gasteiger partial charge in [-0.15, -0.1) is 0 Å². The van der Waals surface area contributed by atoms with Crippen LogP contribution in [-0.2, 0) is 16.1 Å². The number of carbonyl (C=O) groups excluding carboxylic acids is 1. The van der Waals surface area contributed by atoms with Crippen LogP contribution in [-0.4, -0.2) is 21.9 Å². The molecule has 0 unspecified atom stereocenters. The number of nitro groups is 1. The Kier molecular flexibility index (Phi) is 3.62. The van der Waals surface area contributed by atoms with Crippen LogP contribution in [0.15, 0.2) is 17.0 Å². The second kappa shape index (κ2) is 5.43. The number of hydrogen-bond acceptors (Lipinski definition) is 7. The van der Waals surface area contributed by atoms with Gasteiger partial charge in [-0.2, -0.15) is 0 Å². The number of nitro benzene ring substituents is 1. The first-order valence-electron chi connectivity index (χ1n) is 5.81. The number of hydrogen-bond donors (Lipinski definition) is 1. The summed E-state index contributed by atoms with van der Waals surface area (Å²) in [5.41, 5.74) is 0.957. The Morgan fingerprint density at radius 2 is 2.29 bits per heavy atom. The lowest BCUT2D eigenvalue weighted by atomic mass is 10.1. The molecule has 3 rings (SSSR count). The Hall–Kier alpha value is -1.97. The molecule has 0 bridgehead atoms. The minimum Gasteiger partial charge on any atom is -0.467 e. The summed E-state index contributed by atoms with van der Waals surface area (Å²) in [5, 5.41) is 13.5. The molecule has 0 radical (unpaired) electrons. The van der Waals surface area contributed by atoms with Gasteiger partial charge in [0.15, 0.2) is 6.79 Å². The molecule has 1 fully saturated rings. The number of rotatable bonds is 2. The Bertz CT molecular complexity index is 701. The van der Waals surface area contributed by atoms with Crippen LogP contribution < -0.4 is 10.1 Å². The second-order valence-corrected chi connectivity index (χ2v) is 5.96. The number of fused-ring (bicyclic) bond motifs is 1. The Morgan fingerprint density at radius 1 is 1.48 bits per heavy atom. The predicted octanol–water partition coefficient (Wildman–Crippen LogP) is 1.95. The highest BCUT2D eigenvalue weighted by Gasteiger charge is 2.25. The van der Waals surface area contributed by atoms with Crippen LogP contribution in [0.5, 0.6) is 5.75 Å². The Morgan fingerprint density at radius 3 is 2.95 bits per heavy atom. The van der Waals surface area contributed by atoms with Crippen molar-refractivity contribution in [1.82, 2.24) is 5.32 Å². The van der Waals surface area contributed by atoms with E-state index >= 15 is 0 Å². The lowest BCUT2D eigenvalue weighted by Crippen LogP contribution is -2.17. The van der Waals surface area contributed by atoms with Crippen LogP contribution in [0.25, 0.3) is 6.08 Å². The van der Waals surface area contributed by atoms with Crippen molar-refractivity contribution in [2.45, 2.75) is 6.61 Å². The SMILES string of the molecule is O=C1NC(=S)SC1=Cc1cc([N+](=O)[O-])cc2c1OCOC2. The molecule has 0 spiro atoms. The first-order chi connectivity index (χ1) is 10.0. The van der Waals surface area contributed by atoms with Crippen molar-refractivity contribution in [3.8, 4) is 5.75 Å². The molecule has 108 valence electrons. The average molecular weight is 324 g/mol. The molecule has 2 aliphatic rings. The Balaban J connectivity index is 2.10. The number of nitrogens with zero attached hydrogens (tertiary/aromatic N) is 1. The standard InChI is InChI=1S/C12H8N2O5S2/c15-11-9(21-12(20)13-11)3-6-1-8(14(16)17)2-7-4-18-5-19-10(6)7/h1-3H,4-5H2,(H,13,15,20). The van der Waals surface area contributed by atoms with Gasteiger partial charge in [-0.3, -0.25) is 14.9 Å². The van der Waals surface area contributed by atoms with E-state index in [-0.39, 0.29) is 25.0 Å². The molecular formula is C12H8N2O5S2. The summed E-state index contributed by atoms with van der Waals surface area (Å²) in [6.07, 6.45) is 1.54. The van der Waals surface area contributed by atoms with Crippen molar-refractivity contribution >= 4 is 46.0 Å². The number of amides is 1. The fourth-order valence-corrected chi connectivity index (χ4v) is 3.04. The molecule has 0 atom stereocenters. The molecule has 2 heterocycles. The maximum atomic E-state index is 11.7. The highest BCUT2D eigenvalue weighted by atomic mass is 32.2. The maximum Gasteiger partial charge on any atom is 0.270 e. The third-order valence-corrected chi connectivity index (χ3v) is 4.03. The van der Waals surface area contributed by atoms with Gasteiger partial charge in [-0.05, 0) is 6.08 Å². The van der Waals surface area contributed by atoms with Gasteiger partial charge in [0.2, 0.25) is 0 Å². The number of nitrogens with one attached hydrogen (secondary N) is 1. The van der Waals surface area contributed by atoms with Gasteiger partial charge >= 0.3 is 0 Å². The van der Waals surface area contributed by atoms with E-state index in [4.69, 9.17) is 21.7 Å². The van der Waals surface area contributed by atoms with Gasteiger partial charge < -0.3 is 14.8 Å². The molecule has 1 aromatic rings. The van der Waals surface area contributed by atoms with Crippen LogP contribution in [0.2, 0.25) is 0 Å². The number of benzene rings is 1. The summed E-state index contributed by atoms with van der Waals surface area (Å²) in [5.74, 6) is 0.169.